The van der Waals surface area contributed by atoms with Crippen molar-refractivity contribution in [2.75, 3.05) is 17.2 Å². The molecule has 51 heavy (non-hydrogen) atoms. The van der Waals surface area contributed by atoms with E-state index in [4.69, 9.17) is 9.47 Å². The Morgan fingerprint density at radius 3 is 1.75 bits per heavy atom. The highest BCUT2D eigenvalue weighted by Crippen LogP contribution is 2.41. The molecule has 0 aliphatic carbocycles. The summed E-state index contributed by atoms with van der Waals surface area (Å²) >= 11 is 0. The van der Waals surface area contributed by atoms with Crippen LogP contribution in [0.15, 0.2) is 128 Å². The lowest BCUT2D eigenvalue weighted by Gasteiger charge is -2.38. The van der Waals surface area contributed by atoms with E-state index in [-0.39, 0.29) is 19.5 Å². The number of aryl methyl sites for hydroxylation is 1. The molecular formula is C40H44N6O5. The molecule has 11 nitrogen and oxygen atoms in total. The van der Waals surface area contributed by atoms with Gasteiger partial charge in [0.05, 0.1) is 6.20 Å². The number of nitrogens with zero attached hydrogens (tertiary/aromatic N) is 2. The lowest BCUT2D eigenvalue weighted by molar-refractivity contribution is -0.124. The molecule has 0 saturated carbocycles. The monoisotopic (exact) mass is 688 g/mol. The minimum absolute atomic E-state index is 0.0102. The van der Waals surface area contributed by atoms with E-state index in [0.29, 0.717) is 11.5 Å². The number of hydrogen-bond donors (Lipinski definition) is 4. The molecule has 11 heteroatoms. The Kier molecular flexibility index (Phi) is 11.7. The highest BCUT2D eigenvalue weighted by Gasteiger charge is 2.38. The molecule has 1 aromatic heterocycles. The third kappa shape index (κ3) is 9.54. The van der Waals surface area contributed by atoms with Crippen molar-refractivity contribution >= 4 is 29.6 Å². The lowest BCUT2D eigenvalue weighted by atomic mass is 9.77. The molecule has 0 aliphatic heterocycles. The van der Waals surface area contributed by atoms with Crippen LogP contribution in [0.5, 0.6) is 0 Å². The zero-order chi connectivity index (χ0) is 36.3. The average Bonchev–Trinajstić information content (AvgIpc) is 3.47. The van der Waals surface area contributed by atoms with E-state index < -0.39 is 35.3 Å². The van der Waals surface area contributed by atoms with Crippen LogP contribution in [-0.2, 0) is 33.4 Å². The number of carbonyl (C=O) groups is 3. The summed E-state index contributed by atoms with van der Waals surface area (Å²) in [7, 11) is 1.78. The van der Waals surface area contributed by atoms with Gasteiger partial charge in [0, 0.05) is 26.6 Å². The molecule has 0 fully saturated rings. The number of aromatic nitrogens is 2. The number of alkyl carbamates (subject to hydrolysis) is 2. The third-order valence-electron chi connectivity index (χ3n) is 8.02. The number of carbonyl (C=O) groups excluding carboxylic acids is 3. The molecule has 1 atom stereocenters. The van der Waals surface area contributed by atoms with Crippen LogP contribution in [0.1, 0.15) is 49.4 Å². The van der Waals surface area contributed by atoms with Crippen LogP contribution in [0.3, 0.4) is 0 Å². The van der Waals surface area contributed by atoms with Gasteiger partial charge >= 0.3 is 12.2 Å². The van der Waals surface area contributed by atoms with Gasteiger partial charge in [-0.2, -0.15) is 5.10 Å². The topological polar surface area (TPSA) is 136 Å². The normalized spacial score (nSPS) is 11.9. The Morgan fingerprint density at radius 1 is 0.725 bits per heavy atom. The summed E-state index contributed by atoms with van der Waals surface area (Å²) in [6, 6.07) is 39.5. The Labute approximate surface area is 298 Å². The van der Waals surface area contributed by atoms with Crippen molar-refractivity contribution in [2.24, 2.45) is 7.05 Å². The predicted octanol–water partition coefficient (Wildman–Crippen LogP) is 6.97. The number of rotatable bonds is 13. The van der Waals surface area contributed by atoms with Crippen molar-refractivity contribution in [1.82, 2.24) is 20.4 Å². The molecule has 0 bridgehead atoms. The van der Waals surface area contributed by atoms with Crippen molar-refractivity contribution < 1.29 is 23.9 Å². The second-order valence-corrected chi connectivity index (χ2v) is 12.9. The van der Waals surface area contributed by atoms with Gasteiger partial charge in [-0.25, -0.2) is 9.59 Å². The Morgan fingerprint density at radius 2 is 1.24 bits per heavy atom. The van der Waals surface area contributed by atoms with E-state index in [1.165, 1.54) is 6.20 Å². The number of amides is 3. The molecule has 0 saturated heterocycles. The number of benzene rings is 4. The molecular weight excluding hydrogens is 644 g/mol. The van der Waals surface area contributed by atoms with Crippen molar-refractivity contribution in [3.05, 3.63) is 150 Å². The van der Waals surface area contributed by atoms with Crippen molar-refractivity contribution in [2.45, 2.75) is 51.0 Å². The summed E-state index contributed by atoms with van der Waals surface area (Å²) in [5.41, 5.74) is 2.52. The Hall–Kier alpha value is -6.10. The van der Waals surface area contributed by atoms with Crippen LogP contribution in [0.25, 0.3) is 0 Å². The van der Waals surface area contributed by atoms with Crippen LogP contribution in [0.2, 0.25) is 0 Å². The summed E-state index contributed by atoms with van der Waals surface area (Å²) < 4.78 is 12.6. The molecule has 5 aromatic rings. The van der Waals surface area contributed by atoms with Gasteiger partial charge in [-0.3, -0.25) is 9.48 Å². The fourth-order valence-corrected chi connectivity index (χ4v) is 5.65. The minimum atomic E-state index is -1.27. The highest BCUT2D eigenvalue weighted by atomic mass is 16.6. The van der Waals surface area contributed by atoms with Gasteiger partial charge in [0.1, 0.15) is 22.6 Å². The molecule has 264 valence electrons. The molecule has 0 unspecified atom stereocenters. The largest absolute Gasteiger partial charge is 0.444 e. The number of nitrogens with one attached hydrogen (secondary N) is 4. The van der Waals surface area contributed by atoms with Gasteiger partial charge in [0.15, 0.2) is 6.10 Å². The van der Waals surface area contributed by atoms with Crippen LogP contribution in [0, 0.1) is 0 Å². The van der Waals surface area contributed by atoms with E-state index in [0.717, 1.165) is 22.3 Å². The maximum Gasteiger partial charge on any atom is 0.408 e. The molecule has 5 rings (SSSR count). The van der Waals surface area contributed by atoms with Crippen molar-refractivity contribution in [3.8, 4) is 0 Å². The zero-order valence-corrected chi connectivity index (χ0v) is 29.3. The number of anilines is 2. The second-order valence-electron chi connectivity index (χ2n) is 12.9. The highest BCUT2D eigenvalue weighted by molar-refractivity contribution is 5.97. The maximum atomic E-state index is 13.9. The van der Waals surface area contributed by atoms with E-state index in [1.54, 1.807) is 32.5 Å². The first-order chi connectivity index (χ1) is 24.5. The van der Waals surface area contributed by atoms with Crippen LogP contribution < -0.4 is 21.3 Å². The summed E-state index contributed by atoms with van der Waals surface area (Å²) in [6.07, 6.45) is -1.18. The maximum absolute atomic E-state index is 13.9. The van der Waals surface area contributed by atoms with E-state index in [2.05, 4.69) is 62.8 Å². The van der Waals surface area contributed by atoms with E-state index >= 15 is 0 Å². The minimum Gasteiger partial charge on any atom is -0.444 e. The molecule has 0 spiro atoms. The quantitative estimate of drug-likeness (QED) is 0.0982. The van der Waals surface area contributed by atoms with E-state index in [9.17, 15) is 14.4 Å². The third-order valence-corrected chi connectivity index (χ3v) is 8.02. The lowest BCUT2D eigenvalue weighted by Crippen LogP contribution is -2.41. The Balaban J connectivity index is 1.43. The predicted molar refractivity (Wildman–Crippen MR) is 197 cm³/mol. The number of ether oxygens (including phenoxy) is 2. The second kappa shape index (κ2) is 16.5. The number of hydrogen-bond acceptors (Lipinski definition) is 7. The molecule has 3 amide bonds. The molecule has 0 radical (unpaired) electrons. The molecule has 4 N–H and O–H groups in total. The summed E-state index contributed by atoms with van der Waals surface area (Å²) in [6.45, 7) is 5.48. The fourth-order valence-electron chi connectivity index (χ4n) is 5.65. The first kappa shape index (κ1) is 36.2. The SMILES string of the molecule is Cn1ncc(NC(=O)[C@H](CCNC(=O)OC(C)(C)C)OC(=O)NCc2ccccc2)c1NC(c1ccccc1)(c1ccccc1)c1ccccc1. The summed E-state index contributed by atoms with van der Waals surface area (Å²) in [5, 5.41) is 16.5. The molecule has 0 aliphatic rings. The zero-order valence-electron chi connectivity index (χ0n) is 29.3. The van der Waals surface area contributed by atoms with Gasteiger partial charge < -0.3 is 30.7 Å². The van der Waals surface area contributed by atoms with Gasteiger partial charge in [-0.15, -0.1) is 0 Å². The van der Waals surface area contributed by atoms with Crippen LogP contribution in [0.4, 0.5) is 21.1 Å². The van der Waals surface area contributed by atoms with Gasteiger partial charge in [0.25, 0.3) is 5.91 Å². The van der Waals surface area contributed by atoms with Gasteiger partial charge in [-0.05, 0) is 43.0 Å². The molecule has 4 aromatic carbocycles. The van der Waals surface area contributed by atoms with Gasteiger partial charge in [-0.1, -0.05) is 121 Å². The summed E-state index contributed by atoms with van der Waals surface area (Å²) in [5.74, 6) is -0.0873. The van der Waals surface area contributed by atoms with Crippen molar-refractivity contribution in [3.63, 3.8) is 0 Å². The standard InChI is InChI=1S/C40H44N6O5/c1-39(2,3)51-38(49)41-26-25-34(50-37(48)42-27-29-17-9-5-10-18-29)36(47)44-33-28-43-46(4)35(33)45-40(30-19-11-6-12-20-30,31-21-13-7-14-22-31)32-23-15-8-16-24-32/h5-24,28,34,45H,25-27H2,1-4H3,(H,41,49)(H,42,48)(H,44,47)/t34-/m0/s1. The van der Waals surface area contributed by atoms with Gasteiger partial charge in [0.2, 0.25) is 0 Å². The van der Waals surface area contributed by atoms with E-state index in [1.807, 2.05) is 84.9 Å². The van der Waals surface area contributed by atoms with Crippen molar-refractivity contribution in [1.29, 1.82) is 0 Å². The smallest absolute Gasteiger partial charge is 0.408 e. The first-order valence-electron chi connectivity index (χ1n) is 16.8. The first-order valence-corrected chi connectivity index (χ1v) is 16.8. The Bertz CT molecular complexity index is 1780. The summed E-state index contributed by atoms with van der Waals surface area (Å²) in [4.78, 5) is 39.2. The molecule has 1 heterocycles. The fraction of sp³-hybridized carbons (Fsp3) is 0.250. The van der Waals surface area contributed by atoms with Crippen LogP contribution in [-0.4, -0.2) is 46.1 Å². The van der Waals surface area contributed by atoms with Crippen LogP contribution >= 0.6 is 0 Å². The average molecular weight is 689 g/mol.